The van der Waals surface area contributed by atoms with Crippen LogP contribution in [0.15, 0.2) is 47.4 Å². The number of piperidine rings is 1. The highest BCUT2D eigenvalue weighted by Gasteiger charge is 2.29. The summed E-state index contributed by atoms with van der Waals surface area (Å²) in [6.45, 7) is 1.01. The van der Waals surface area contributed by atoms with Crippen molar-refractivity contribution in [3.05, 3.63) is 59.4 Å². The minimum absolute atomic E-state index is 0.124. The highest BCUT2D eigenvalue weighted by Crippen LogP contribution is 2.25. The summed E-state index contributed by atoms with van der Waals surface area (Å²) in [5, 5.41) is 0. The average molecular weight is 421 g/mol. The van der Waals surface area contributed by atoms with Crippen molar-refractivity contribution >= 4 is 15.9 Å². The zero-order valence-electron chi connectivity index (χ0n) is 16.6. The standard InChI is InChI=1S/C21H25FN2O4S/c1-23(15-17-8-4-5-9-19(17)28-2)21(25)16-10-11-18(22)20(14-16)29(26,27)24-12-6-3-7-13-24/h4-5,8-11,14H,3,6-7,12-13,15H2,1-2H3. The molecule has 2 aromatic carbocycles. The molecular weight excluding hydrogens is 395 g/mol. The van der Waals surface area contributed by atoms with Crippen molar-refractivity contribution < 1.29 is 22.3 Å². The number of ether oxygens (including phenoxy) is 1. The molecule has 2 aromatic rings. The van der Waals surface area contributed by atoms with Gasteiger partial charge in [0.2, 0.25) is 10.0 Å². The van der Waals surface area contributed by atoms with E-state index in [-0.39, 0.29) is 12.1 Å². The fourth-order valence-electron chi connectivity index (χ4n) is 3.46. The maximum Gasteiger partial charge on any atom is 0.253 e. The number of carbonyl (C=O) groups is 1. The number of rotatable bonds is 6. The van der Waals surface area contributed by atoms with Crippen LogP contribution in [0.25, 0.3) is 0 Å². The lowest BCUT2D eigenvalue weighted by molar-refractivity contribution is 0.0784. The van der Waals surface area contributed by atoms with E-state index in [9.17, 15) is 17.6 Å². The third-order valence-electron chi connectivity index (χ3n) is 5.06. The molecule has 1 aliphatic heterocycles. The highest BCUT2D eigenvalue weighted by atomic mass is 32.2. The second kappa shape index (κ2) is 8.92. The lowest BCUT2D eigenvalue weighted by Crippen LogP contribution is -2.36. The molecule has 1 aliphatic rings. The number of carbonyl (C=O) groups excluding carboxylic acids is 1. The summed E-state index contributed by atoms with van der Waals surface area (Å²) in [7, 11) is -0.814. The van der Waals surface area contributed by atoms with Crippen LogP contribution in [0.3, 0.4) is 0 Å². The van der Waals surface area contributed by atoms with E-state index < -0.39 is 26.6 Å². The maximum absolute atomic E-state index is 14.4. The number of amides is 1. The normalized spacial score (nSPS) is 15.1. The van der Waals surface area contributed by atoms with Gasteiger partial charge in [0.15, 0.2) is 0 Å². The molecule has 3 rings (SSSR count). The van der Waals surface area contributed by atoms with Crippen LogP contribution in [0.4, 0.5) is 4.39 Å². The second-order valence-corrected chi connectivity index (χ2v) is 8.99. The lowest BCUT2D eigenvalue weighted by atomic mass is 10.1. The molecule has 8 heteroatoms. The zero-order chi connectivity index (χ0) is 21.0. The van der Waals surface area contributed by atoms with Gasteiger partial charge in [0.1, 0.15) is 16.5 Å². The number of methoxy groups -OCH3 is 1. The Morgan fingerprint density at radius 3 is 2.52 bits per heavy atom. The predicted molar refractivity (Wildman–Crippen MR) is 108 cm³/mol. The van der Waals surface area contributed by atoms with E-state index in [1.807, 2.05) is 18.2 Å². The first kappa shape index (κ1) is 21.3. The van der Waals surface area contributed by atoms with Crippen molar-refractivity contribution in [2.45, 2.75) is 30.7 Å². The Labute approximate surface area is 170 Å². The van der Waals surface area contributed by atoms with E-state index in [0.717, 1.165) is 37.0 Å². The maximum atomic E-state index is 14.4. The second-order valence-electron chi connectivity index (χ2n) is 7.08. The molecule has 0 aromatic heterocycles. The number of sulfonamides is 1. The number of hydrogen-bond acceptors (Lipinski definition) is 4. The largest absolute Gasteiger partial charge is 0.496 e. The molecule has 29 heavy (non-hydrogen) atoms. The van der Waals surface area contributed by atoms with Crippen LogP contribution in [0.5, 0.6) is 5.75 Å². The van der Waals surface area contributed by atoms with Crippen LogP contribution < -0.4 is 4.74 Å². The van der Waals surface area contributed by atoms with Gasteiger partial charge in [-0.2, -0.15) is 4.31 Å². The Morgan fingerprint density at radius 1 is 1.14 bits per heavy atom. The SMILES string of the molecule is COc1ccccc1CN(C)C(=O)c1ccc(F)c(S(=O)(=O)N2CCCCC2)c1. The van der Waals surface area contributed by atoms with Gasteiger partial charge in [-0.15, -0.1) is 0 Å². The molecule has 0 N–H and O–H groups in total. The van der Waals surface area contributed by atoms with Crippen molar-refractivity contribution in [1.29, 1.82) is 0 Å². The summed E-state index contributed by atoms with van der Waals surface area (Å²) < 4.78 is 46.7. The fraction of sp³-hybridized carbons (Fsp3) is 0.381. The molecular formula is C21H25FN2O4S. The van der Waals surface area contributed by atoms with Gasteiger partial charge in [0.05, 0.1) is 7.11 Å². The zero-order valence-corrected chi connectivity index (χ0v) is 17.4. The average Bonchev–Trinajstić information content (AvgIpc) is 2.74. The molecule has 0 radical (unpaired) electrons. The van der Waals surface area contributed by atoms with Crippen molar-refractivity contribution in [2.75, 3.05) is 27.2 Å². The van der Waals surface area contributed by atoms with Crippen molar-refractivity contribution in [3.8, 4) is 5.75 Å². The van der Waals surface area contributed by atoms with Crippen molar-refractivity contribution in [1.82, 2.24) is 9.21 Å². The lowest BCUT2D eigenvalue weighted by Gasteiger charge is -2.26. The fourth-order valence-corrected chi connectivity index (χ4v) is 5.07. The van der Waals surface area contributed by atoms with Crippen LogP contribution in [-0.2, 0) is 16.6 Å². The number of nitrogens with zero attached hydrogens (tertiary/aromatic N) is 2. The molecule has 6 nitrogen and oxygen atoms in total. The molecule has 0 unspecified atom stereocenters. The first-order valence-electron chi connectivity index (χ1n) is 9.51. The van der Waals surface area contributed by atoms with Crippen molar-refractivity contribution in [3.63, 3.8) is 0 Å². The van der Waals surface area contributed by atoms with E-state index in [4.69, 9.17) is 4.74 Å². The Morgan fingerprint density at radius 2 is 1.83 bits per heavy atom. The monoisotopic (exact) mass is 420 g/mol. The molecule has 1 saturated heterocycles. The summed E-state index contributed by atoms with van der Waals surface area (Å²) in [5.41, 5.74) is 0.938. The molecule has 0 bridgehead atoms. The minimum atomic E-state index is -3.98. The summed E-state index contributed by atoms with van der Waals surface area (Å²) >= 11 is 0. The number of para-hydroxylation sites is 1. The molecule has 0 aliphatic carbocycles. The quantitative estimate of drug-likeness (QED) is 0.719. The molecule has 0 spiro atoms. The van der Waals surface area contributed by atoms with E-state index in [2.05, 4.69) is 0 Å². The van der Waals surface area contributed by atoms with Gasteiger partial charge >= 0.3 is 0 Å². The van der Waals surface area contributed by atoms with Gasteiger partial charge in [-0.1, -0.05) is 24.6 Å². The van der Waals surface area contributed by atoms with E-state index >= 15 is 0 Å². The van der Waals surface area contributed by atoms with Gasteiger partial charge in [-0.05, 0) is 37.1 Å². The topological polar surface area (TPSA) is 66.9 Å². The molecule has 1 amide bonds. The molecule has 0 atom stereocenters. The van der Waals surface area contributed by atoms with Gasteiger partial charge in [-0.25, -0.2) is 12.8 Å². The third-order valence-corrected chi connectivity index (χ3v) is 6.97. The Hall–Kier alpha value is -2.45. The molecule has 0 saturated carbocycles. The van der Waals surface area contributed by atoms with Gasteiger partial charge in [-0.3, -0.25) is 4.79 Å². The third kappa shape index (κ3) is 4.59. The number of hydrogen-bond donors (Lipinski definition) is 0. The first-order valence-corrected chi connectivity index (χ1v) is 11.0. The van der Waals surface area contributed by atoms with Crippen LogP contribution >= 0.6 is 0 Å². The molecule has 156 valence electrons. The summed E-state index contributed by atoms with van der Waals surface area (Å²) in [5.74, 6) is -0.592. The van der Waals surface area contributed by atoms with Crippen LogP contribution in [-0.4, -0.2) is 50.8 Å². The van der Waals surface area contributed by atoms with Gasteiger partial charge < -0.3 is 9.64 Å². The minimum Gasteiger partial charge on any atom is -0.496 e. The molecule has 1 fully saturated rings. The summed E-state index contributed by atoms with van der Waals surface area (Å²) in [4.78, 5) is 13.9. The van der Waals surface area contributed by atoms with Gasteiger partial charge in [0.25, 0.3) is 5.91 Å². The van der Waals surface area contributed by atoms with Crippen LogP contribution in [0.2, 0.25) is 0 Å². The van der Waals surface area contributed by atoms with Gasteiger partial charge in [0, 0.05) is 37.8 Å². The summed E-state index contributed by atoms with van der Waals surface area (Å²) in [6, 6.07) is 10.8. The van der Waals surface area contributed by atoms with E-state index in [1.165, 1.54) is 15.3 Å². The first-order chi connectivity index (χ1) is 13.8. The molecule has 1 heterocycles. The van der Waals surface area contributed by atoms with Crippen LogP contribution in [0, 0.1) is 5.82 Å². The van der Waals surface area contributed by atoms with E-state index in [1.54, 1.807) is 20.2 Å². The number of benzene rings is 2. The smallest absolute Gasteiger partial charge is 0.253 e. The Balaban J connectivity index is 1.85. The Bertz CT molecular complexity index is 988. The Kier molecular flexibility index (Phi) is 6.54. The van der Waals surface area contributed by atoms with Crippen molar-refractivity contribution in [2.24, 2.45) is 0 Å². The number of halogens is 1. The van der Waals surface area contributed by atoms with E-state index in [0.29, 0.717) is 18.8 Å². The summed E-state index contributed by atoms with van der Waals surface area (Å²) in [6.07, 6.45) is 2.46. The predicted octanol–water partition coefficient (Wildman–Crippen LogP) is 3.28. The highest BCUT2D eigenvalue weighted by molar-refractivity contribution is 7.89. The van der Waals surface area contributed by atoms with Crippen LogP contribution in [0.1, 0.15) is 35.2 Å².